The molecule has 2 atom stereocenters. The molecule has 124 valence electrons. The predicted octanol–water partition coefficient (Wildman–Crippen LogP) is 5.53. The van der Waals surface area contributed by atoms with Crippen LogP contribution in [0, 0.1) is 5.92 Å². The monoisotopic (exact) mass is 320 g/mol. The highest BCUT2D eigenvalue weighted by Crippen LogP contribution is 2.50. The second-order valence-electron chi connectivity index (χ2n) is 6.82. The minimum absolute atomic E-state index is 0.617. The first-order chi connectivity index (χ1) is 11.8. The van der Waals surface area contributed by atoms with Crippen molar-refractivity contribution in [3.8, 4) is 11.5 Å². The standard InChI is InChI=1S/C22H24O2/c1-23-17-10-7-15(8-11-17)21-13-16-9-12-18(24-2)14-22(16)20-6-4-3-5-19(20)21/h7-14,19-20H,3-6H2,1-2H3. The van der Waals surface area contributed by atoms with E-state index < -0.39 is 0 Å². The Morgan fingerprint density at radius 2 is 1.46 bits per heavy atom. The lowest BCUT2D eigenvalue weighted by molar-refractivity contribution is 0.366. The molecule has 0 aliphatic heterocycles. The lowest BCUT2D eigenvalue weighted by Crippen LogP contribution is -2.23. The van der Waals surface area contributed by atoms with Crippen molar-refractivity contribution in [2.24, 2.45) is 5.92 Å². The third-order valence-electron chi connectivity index (χ3n) is 5.59. The molecule has 24 heavy (non-hydrogen) atoms. The van der Waals surface area contributed by atoms with Crippen LogP contribution < -0.4 is 9.47 Å². The molecule has 0 heterocycles. The maximum Gasteiger partial charge on any atom is 0.119 e. The van der Waals surface area contributed by atoms with Gasteiger partial charge in [0.2, 0.25) is 0 Å². The fraction of sp³-hybridized carbons (Fsp3) is 0.364. The molecule has 2 aromatic carbocycles. The quantitative estimate of drug-likeness (QED) is 0.740. The Labute approximate surface area is 144 Å². The number of benzene rings is 2. The number of rotatable bonds is 3. The van der Waals surface area contributed by atoms with Crippen LogP contribution in [0.5, 0.6) is 11.5 Å². The van der Waals surface area contributed by atoms with E-state index in [1.165, 1.54) is 47.9 Å². The van der Waals surface area contributed by atoms with E-state index in [1.807, 2.05) is 0 Å². The van der Waals surface area contributed by atoms with E-state index in [4.69, 9.17) is 9.47 Å². The van der Waals surface area contributed by atoms with E-state index in [0.29, 0.717) is 11.8 Å². The summed E-state index contributed by atoms with van der Waals surface area (Å²) in [7, 11) is 3.47. The topological polar surface area (TPSA) is 18.5 Å². The number of allylic oxidation sites excluding steroid dienone is 1. The van der Waals surface area contributed by atoms with Gasteiger partial charge in [0.25, 0.3) is 0 Å². The van der Waals surface area contributed by atoms with Crippen LogP contribution >= 0.6 is 0 Å². The molecule has 0 aromatic heterocycles. The average molecular weight is 320 g/mol. The molecule has 0 N–H and O–H groups in total. The first-order valence-electron chi connectivity index (χ1n) is 8.84. The number of hydrogen-bond acceptors (Lipinski definition) is 2. The zero-order chi connectivity index (χ0) is 16.5. The summed E-state index contributed by atoms with van der Waals surface area (Å²) in [4.78, 5) is 0. The highest BCUT2D eigenvalue weighted by atomic mass is 16.5. The van der Waals surface area contributed by atoms with E-state index in [0.717, 1.165) is 11.5 Å². The first-order valence-corrected chi connectivity index (χ1v) is 8.84. The van der Waals surface area contributed by atoms with E-state index in [-0.39, 0.29) is 0 Å². The van der Waals surface area contributed by atoms with Gasteiger partial charge in [-0.15, -0.1) is 0 Å². The Bertz CT molecular complexity index is 758. The number of ether oxygens (including phenoxy) is 2. The largest absolute Gasteiger partial charge is 0.497 e. The second kappa shape index (κ2) is 6.35. The number of hydrogen-bond donors (Lipinski definition) is 0. The molecule has 2 aliphatic rings. The van der Waals surface area contributed by atoms with Crippen molar-refractivity contribution in [3.05, 3.63) is 59.2 Å². The molecule has 2 aliphatic carbocycles. The fourth-order valence-electron chi connectivity index (χ4n) is 4.36. The zero-order valence-electron chi connectivity index (χ0n) is 14.4. The van der Waals surface area contributed by atoms with Crippen molar-refractivity contribution in [1.82, 2.24) is 0 Å². The summed E-state index contributed by atoms with van der Waals surface area (Å²) in [5, 5.41) is 0. The fourth-order valence-corrected chi connectivity index (χ4v) is 4.36. The molecule has 0 amide bonds. The van der Waals surface area contributed by atoms with Crippen LogP contribution in [-0.4, -0.2) is 14.2 Å². The van der Waals surface area contributed by atoms with Crippen molar-refractivity contribution in [1.29, 1.82) is 0 Å². The van der Waals surface area contributed by atoms with Crippen molar-refractivity contribution in [3.63, 3.8) is 0 Å². The molecule has 2 aromatic rings. The molecule has 0 saturated heterocycles. The van der Waals surface area contributed by atoms with Crippen molar-refractivity contribution in [2.75, 3.05) is 14.2 Å². The predicted molar refractivity (Wildman–Crippen MR) is 98.6 cm³/mol. The summed E-state index contributed by atoms with van der Waals surface area (Å²) in [6.07, 6.45) is 7.60. The maximum atomic E-state index is 5.46. The Kier molecular flexibility index (Phi) is 4.05. The van der Waals surface area contributed by atoms with Gasteiger partial charge in [-0.05, 0) is 71.2 Å². The van der Waals surface area contributed by atoms with Crippen LogP contribution in [-0.2, 0) is 0 Å². The number of fused-ring (bicyclic) bond motifs is 3. The van der Waals surface area contributed by atoms with Gasteiger partial charge in [0.15, 0.2) is 0 Å². The molecule has 2 unspecified atom stereocenters. The van der Waals surface area contributed by atoms with Crippen molar-refractivity contribution >= 4 is 11.6 Å². The Morgan fingerprint density at radius 1 is 0.792 bits per heavy atom. The summed E-state index contributed by atoms with van der Waals surface area (Å²) < 4.78 is 10.8. The normalized spacial score (nSPS) is 22.2. The van der Waals surface area contributed by atoms with Gasteiger partial charge in [0, 0.05) is 0 Å². The third kappa shape index (κ3) is 2.60. The van der Waals surface area contributed by atoms with E-state index in [1.54, 1.807) is 14.2 Å². The molecule has 1 fully saturated rings. The highest BCUT2D eigenvalue weighted by Gasteiger charge is 2.34. The molecule has 1 saturated carbocycles. The van der Waals surface area contributed by atoms with Crippen LogP contribution in [0.15, 0.2) is 42.5 Å². The van der Waals surface area contributed by atoms with Crippen LogP contribution in [0.2, 0.25) is 0 Å². The van der Waals surface area contributed by atoms with Gasteiger partial charge in [-0.3, -0.25) is 0 Å². The smallest absolute Gasteiger partial charge is 0.119 e. The molecule has 0 bridgehead atoms. The number of methoxy groups -OCH3 is 2. The second-order valence-corrected chi connectivity index (χ2v) is 6.82. The zero-order valence-corrected chi connectivity index (χ0v) is 14.4. The van der Waals surface area contributed by atoms with Gasteiger partial charge in [0.05, 0.1) is 14.2 Å². The van der Waals surface area contributed by atoms with E-state index in [9.17, 15) is 0 Å². The van der Waals surface area contributed by atoms with Gasteiger partial charge in [-0.2, -0.15) is 0 Å². The van der Waals surface area contributed by atoms with Gasteiger partial charge >= 0.3 is 0 Å². The van der Waals surface area contributed by atoms with Gasteiger partial charge in [0.1, 0.15) is 11.5 Å². The highest BCUT2D eigenvalue weighted by molar-refractivity contribution is 5.87. The van der Waals surface area contributed by atoms with Crippen LogP contribution in [0.1, 0.15) is 48.3 Å². The molecule has 4 rings (SSSR count). The Balaban J connectivity index is 1.80. The summed E-state index contributed by atoms with van der Waals surface area (Å²) in [6.45, 7) is 0. The lowest BCUT2D eigenvalue weighted by atomic mass is 9.66. The SMILES string of the molecule is COc1ccc(C2=Cc3ccc(OC)cc3C3CCCCC23)cc1. The molecule has 0 radical (unpaired) electrons. The first kappa shape index (κ1) is 15.3. The summed E-state index contributed by atoms with van der Waals surface area (Å²) >= 11 is 0. The van der Waals surface area contributed by atoms with Gasteiger partial charge < -0.3 is 9.47 Å². The van der Waals surface area contributed by atoms with Crippen LogP contribution in [0.3, 0.4) is 0 Å². The van der Waals surface area contributed by atoms with Gasteiger partial charge in [-0.1, -0.05) is 37.1 Å². The van der Waals surface area contributed by atoms with Crippen LogP contribution in [0.25, 0.3) is 11.6 Å². The Morgan fingerprint density at radius 3 is 2.17 bits per heavy atom. The molecular weight excluding hydrogens is 296 g/mol. The maximum absolute atomic E-state index is 5.46. The van der Waals surface area contributed by atoms with Crippen molar-refractivity contribution < 1.29 is 9.47 Å². The molecule has 0 spiro atoms. The van der Waals surface area contributed by atoms with Gasteiger partial charge in [-0.25, -0.2) is 0 Å². The minimum Gasteiger partial charge on any atom is -0.497 e. The summed E-state index contributed by atoms with van der Waals surface area (Å²) in [6, 6.07) is 15.1. The summed E-state index contributed by atoms with van der Waals surface area (Å²) in [5.74, 6) is 3.12. The average Bonchev–Trinajstić information content (AvgIpc) is 2.67. The van der Waals surface area contributed by atoms with Crippen LogP contribution in [0.4, 0.5) is 0 Å². The molecular formula is C22H24O2. The summed E-state index contributed by atoms with van der Waals surface area (Å²) in [5.41, 5.74) is 5.63. The van der Waals surface area contributed by atoms with E-state index in [2.05, 4.69) is 48.5 Å². The third-order valence-corrected chi connectivity index (χ3v) is 5.59. The van der Waals surface area contributed by atoms with E-state index >= 15 is 0 Å². The lowest BCUT2D eigenvalue weighted by Gasteiger charge is -2.38. The molecule has 2 heteroatoms. The minimum atomic E-state index is 0.617. The molecule has 2 nitrogen and oxygen atoms in total. The van der Waals surface area contributed by atoms with Crippen molar-refractivity contribution in [2.45, 2.75) is 31.6 Å². The Hall–Kier alpha value is -2.22.